The van der Waals surface area contributed by atoms with Crippen molar-refractivity contribution < 1.29 is 20.1 Å². The van der Waals surface area contributed by atoms with Gasteiger partial charge in [-0.1, -0.05) is 24.3 Å². The molecule has 2 aromatic carbocycles. The first-order valence-electron chi connectivity index (χ1n) is 8.33. The number of hydrogen-bond donors (Lipinski definition) is 4. The number of aromatic nitrogens is 2. The molecule has 27 heavy (non-hydrogen) atoms. The van der Waals surface area contributed by atoms with Crippen LogP contribution in [0.1, 0.15) is 11.3 Å². The van der Waals surface area contributed by atoms with Gasteiger partial charge in [0.25, 0.3) is 0 Å². The zero-order valence-electron chi connectivity index (χ0n) is 14.6. The Labute approximate surface area is 156 Å². The summed E-state index contributed by atoms with van der Waals surface area (Å²) in [5.41, 5.74) is 1.87. The maximum absolute atomic E-state index is 11.7. The molecule has 138 valence electrons. The summed E-state index contributed by atoms with van der Waals surface area (Å²) in [5, 5.41) is 31.8. The molecule has 0 aliphatic rings. The molecule has 7 nitrogen and oxygen atoms in total. The second-order valence-electron chi connectivity index (χ2n) is 6.14. The fraction of sp³-hybridized carbons (Fsp3) is 0.150. The molecule has 0 saturated carbocycles. The van der Waals surface area contributed by atoms with E-state index in [4.69, 9.17) is 0 Å². The minimum Gasteiger partial charge on any atom is -0.508 e. The predicted molar refractivity (Wildman–Crippen MR) is 101 cm³/mol. The average molecular weight is 365 g/mol. The number of benzene rings is 2. The van der Waals surface area contributed by atoms with Crippen LogP contribution in [-0.4, -0.2) is 37.3 Å². The molecule has 4 N–H and O–H groups in total. The van der Waals surface area contributed by atoms with Gasteiger partial charge >= 0.3 is 5.97 Å². The third kappa shape index (κ3) is 4.52. The Morgan fingerprint density at radius 3 is 2.44 bits per heavy atom. The van der Waals surface area contributed by atoms with Crippen LogP contribution in [0.4, 0.5) is 5.82 Å². The predicted octanol–water partition coefficient (Wildman–Crippen LogP) is 2.97. The molecule has 1 heterocycles. The van der Waals surface area contributed by atoms with Gasteiger partial charge in [-0.05, 0) is 36.8 Å². The van der Waals surface area contributed by atoms with E-state index in [2.05, 4.69) is 15.3 Å². The van der Waals surface area contributed by atoms with E-state index in [9.17, 15) is 20.1 Å². The van der Waals surface area contributed by atoms with Crippen LogP contribution in [0.25, 0.3) is 11.4 Å². The number of carboxylic acid groups (broad SMARTS) is 1. The van der Waals surface area contributed by atoms with Gasteiger partial charge in [-0.25, -0.2) is 14.8 Å². The van der Waals surface area contributed by atoms with Crippen molar-refractivity contribution >= 4 is 11.8 Å². The number of carbonyl (C=O) groups is 1. The summed E-state index contributed by atoms with van der Waals surface area (Å²) >= 11 is 0. The van der Waals surface area contributed by atoms with Gasteiger partial charge in [-0.15, -0.1) is 0 Å². The van der Waals surface area contributed by atoms with Gasteiger partial charge in [0, 0.05) is 18.2 Å². The first-order valence-corrected chi connectivity index (χ1v) is 8.33. The van der Waals surface area contributed by atoms with E-state index in [-0.39, 0.29) is 17.9 Å². The molecular formula is C20H19N3O4. The number of carboxylic acids is 1. The van der Waals surface area contributed by atoms with Crippen molar-refractivity contribution in [3.63, 3.8) is 0 Å². The molecule has 1 aromatic heterocycles. The molecule has 0 aliphatic heterocycles. The molecule has 0 radical (unpaired) electrons. The average Bonchev–Trinajstić information content (AvgIpc) is 2.63. The normalized spacial score (nSPS) is 11.7. The van der Waals surface area contributed by atoms with E-state index < -0.39 is 12.0 Å². The quantitative estimate of drug-likeness (QED) is 0.531. The van der Waals surface area contributed by atoms with E-state index in [1.807, 2.05) is 0 Å². The summed E-state index contributed by atoms with van der Waals surface area (Å²) in [7, 11) is 0. The van der Waals surface area contributed by atoms with Crippen LogP contribution >= 0.6 is 0 Å². The lowest BCUT2D eigenvalue weighted by Crippen LogP contribution is -2.32. The lowest BCUT2D eigenvalue weighted by atomic mass is 10.1. The molecule has 0 spiro atoms. The van der Waals surface area contributed by atoms with Crippen LogP contribution in [0, 0.1) is 6.92 Å². The van der Waals surface area contributed by atoms with Gasteiger partial charge < -0.3 is 20.6 Å². The minimum absolute atomic E-state index is 0.0490. The minimum atomic E-state index is -1.02. The molecule has 0 unspecified atom stereocenters. The smallest absolute Gasteiger partial charge is 0.326 e. The summed E-state index contributed by atoms with van der Waals surface area (Å²) < 4.78 is 0. The Balaban J connectivity index is 1.87. The van der Waals surface area contributed by atoms with E-state index in [0.29, 0.717) is 22.9 Å². The number of aliphatic carboxylic acids is 1. The standard InChI is InChI=1S/C20H19N3O4/c1-12-10-18(23-19(21-12)15-4-2-3-5-17(15)25)22-16(20(26)27)11-13-6-8-14(24)9-7-13/h2-10,16,24-25H,11H2,1H3,(H,26,27)(H,21,22,23)/t16-/m0/s1. The van der Waals surface area contributed by atoms with Crippen LogP contribution in [0.2, 0.25) is 0 Å². The topological polar surface area (TPSA) is 116 Å². The summed E-state index contributed by atoms with van der Waals surface area (Å²) in [5.74, 6) is -0.190. The number of phenols is 2. The van der Waals surface area contributed by atoms with Crippen molar-refractivity contribution in [2.24, 2.45) is 0 Å². The highest BCUT2D eigenvalue weighted by molar-refractivity contribution is 5.77. The maximum Gasteiger partial charge on any atom is 0.326 e. The van der Waals surface area contributed by atoms with E-state index in [0.717, 1.165) is 5.56 Å². The van der Waals surface area contributed by atoms with Gasteiger partial charge in [0.2, 0.25) is 0 Å². The number of para-hydroxylation sites is 1. The highest BCUT2D eigenvalue weighted by Crippen LogP contribution is 2.27. The first kappa shape index (κ1) is 18.2. The molecule has 0 bridgehead atoms. The lowest BCUT2D eigenvalue weighted by Gasteiger charge is -2.16. The molecule has 3 aromatic rings. The van der Waals surface area contributed by atoms with E-state index >= 15 is 0 Å². The van der Waals surface area contributed by atoms with Gasteiger partial charge in [0.1, 0.15) is 23.4 Å². The van der Waals surface area contributed by atoms with Crippen LogP contribution < -0.4 is 5.32 Å². The second kappa shape index (κ2) is 7.74. The van der Waals surface area contributed by atoms with Crippen molar-refractivity contribution in [1.29, 1.82) is 0 Å². The molecule has 7 heteroatoms. The van der Waals surface area contributed by atoms with Crippen molar-refractivity contribution in [3.05, 3.63) is 65.9 Å². The monoisotopic (exact) mass is 365 g/mol. The first-order chi connectivity index (χ1) is 12.9. The van der Waals surface area contributed by atoms with Crippen molar-refractivity contribution in [2.45, 2.75) is 19.4 Å². The van der Waals surface area contributed by atoms with Gasteiger partial charge in [-0.2, -0.15) is 0 Å². The lowest BCUT2D eigenvalue weighted by molar-refractivity contribution is -0.137. The number of aryl methyl sites for hydroxylation is 1. The highest BCUT2D eigenvalue weighted by atomic mass is 16.4. The fourth-order valence-corrected chi connectivity index (χ4v) is 2.67. The Hall–Kier alpha value is -3.61. The third-order valence-corrected chi connectivity index (χ3v) is 4.00. The second-order valence-corrected chi connectivity index (χ2v) is 6.14. The van der Waals surface area contributed by atoms with E-state index in [1.54, 1.807) is 49.4 Å². The Kier molecular flexibility index (Phi) is 5.21. The molecule has 0 amide bonds. The zero-order chi connectivity index (χ0) is 19.4. The van der Waals surface area contributed by atoms with Crippen molar-refractivity contribution in [3.8, 4) is 22.9 Å². The Bertz CT molecular complexity index is 958. The maximum atomic E-state index is 11.7. The van der Waals surface area contributed by atoms with Gasteiger partial charge in [0.15, 0.2) is 5.82 Å². The third-order valence-electron chi connectivity index (χ3n) is 4.00. The van der Waals surface area contributed by atoms with Crippen LogP contribution in [-0.2, 0) is 11.2 Å². The number of aromatic hydroxyl groups is 2. The fourth-order valence-electron chi connectivity index (χ4n) is 2.67. The Morgan fingerprint density at radius 2 is 1.78 bits per heavy atom. The van der Waals surface area contributed by atoms with E-state index in [1.165, 1.54) is 12.1 Å². The zero-order valence-corrected chi connectivity index (χ0v) is 14.6. The molecule has 0 fully saturated rings. The number of anilines is 1. The number of hydrogen-bond acceptors (Lipinski definition) is 6. The largest absolute Gasteiger partial charge is 0.508 e. The van der Waals surface area contributed by atoms with Crippen LogP contribution in [0.3, 0.4) is 0 Å². The van der Waals surface area contributed by atoms with Crippen LogP contribution in [0.5, 0.6) is 11.5 Å². The SMILES string of the molecule is Cc1cc(N[C@@H](Cc2ccc(O)cc2)C(=O)O)nc(-c2ccccc2O)n1. The molecule has 1 atom stereocenters. The number of nitrogens with zero attached hydrogens (tertiary/aromatic N) is 2. The number of rotatable bonds is 6. The molecule has 3 rings (SSSR count). The summed E-state index contributed by atoms with van der Waals surface area (Å²) in [6.07, 6.45) is 0.213. The highest BCUT2D eigenvalue weighted by Gasteiger charge is 2.19. The van der Waals surface area contributed by atoms with Gasteiger partial charge in [-0.3, -0.25) is 0 Å². The van der Waals surface area contributed by atoms with Crippen molar-refractivity contribution in [1.82, 2.24) is 9.97 Å². The Morgan fingerprint density at radius 1 is 1.07 bits per heavy atom. The number of phenolic OH excluding ortho intramolecular Hbond substituents is 2. The number of nitrogens with one attached hydrogen (secondary N) is 1. The van der Waals surface area contributed by atoms with Gasteiger partial charge in [0.05, 0.1) is 5.56 Å². The molecule has 0 saturated heterocycles. The summed E-state index contributed by atoms with van der Waals surface area (Å²) in [6, 6.07) is 13.8. The van der Waals surface area contributed by atoms with Crippen molar-refractivity contribution in [2.75, 3.05) is 5.32 Å². The summed E-state index contributed by atoms with van der Waals surface area (Å²) in [4.78, 5) is 20.4. The molecular weight excluding hydrogens is 346 g/mol. The van der Waals surface area contributed by atoms with Crippen LogP contribution in [0.15, 0.2) is 54.6 Å². The summed E-state index contributed by atoms with van der Waals surface area (Å²) in [6.45, 7) is 1.77. The molecule has 0 aliphatic carbocycles.